The second-order valence-electron chi connectivity index (χ2n) is 13.1. The van der Waals surface area contributed by atoms with Crippen molar-refractivity contribution in [1.82, 2.24) is 0 Å². The number of hydrogen-bond acceptors (Lipinski definition) is 7. The Morgan fingerprint density at radius 2 is 1.18 bits per heavy atom. The molecule has 7 rings (SSSR count). The molecule has 0 bridgehead atoms. The molecule has 1 spiro atoms. The predicted octanol–water partition coefficient (Wildman–Crippen LogP) is 7.93. The summed E-state index contributed by atoms with van der Waals surface area (Å²) in [6.45, 7) is 2.92. The molecule has 5 aromatic carbocycles. The van der Waals surface area contributed by atoms with E-state index in [0.717, 1.165) is 22.3 Å². The summed E-state index contributed by atoms with van der Waals surface area (Å²) in [6, 6.07) is 42.7. The van der Waals surface area contributed by atoms with Gasteiger partial charge in [-0.1, -0.05) is 121 Å². The highest BCUT2D eigenvalue weighted by atomic mass is 19.1. The second kappa shape index (κ2) is 16.4. The van der Waals surface area contributed by atoms with Gasteiger partial charge in [0.05, 0.1) is 45.7 Å². The van der Waals surface area contributed by atoms with Gasteiger partial charge in [0.1, 0.15) is 30.2 Å². The molecule has 1 N–H and O–H groups in total. The molecule has 1 unspecified atom stereocenters. The van der Waals surface area contributed by atoms with Crippen LogP contribution < -0.4 is 0 Å². The first-order chi connectivity index (χ1) is 25.0. The quantitative estimate of drug-likeness (QED) is 0.127. The van der Waals surface area contributed by atoms with Crippen molar-refractivity contribution in [2.75, 3.05) is 6.61 Å². The van der Waals surface area contributed by atoms with Crippen molar-refractivity contribution in [3.05, 3.63) is 178 Å². The van der Waals surface area contributed by atoms with Gasteiger partial charge in [-0.2, -0.15) is 0 Å². The van der Waals surface area contributed by atoms with Gasteiger partial charge in [-0.05, 0) is 46.9 Å². The summed E-state index contributed by atoms with van der Waals surface area (Å²) in [5, 5.41) is 10.6. The van der Waals surface area contributed by atoms with Crippen LogP contribution in [0.2, 0.25) is 0 Å². The van der Waals surface area contributed by atoms with Gasteiger partial charge >= 0.3 is 0 Å². The summed E-state index contributed by atoms with van der Waals surface area (Å²) in [5.41, 5.74) is 5.27. The number of ether oxygens (including phenoxy) is 6. The molecule has 0 amide bonds. The molecule has 1 saturated heterocycles. The van der Waals surface area contributed by atoms with Crippen LogP contribution in [0.1, 0.15) is 52.0 Å². The van der Waals surface area contributed by atoms with E-state index in [1.807, 2.05) is 121 Å². The van der Waals surface area contributed by atoms with E-state index in [-0.39, 0.29) is 32.0 Å². The van der Waals surface area contributed by atoms with Crippen LogP contribution in [-0.4, -0.2) is 36.1 Å². The summed E-state index contributed by atoms with van der Waals surface area (Å²) in [4.78, 5) is 0. The predicted molar refractivity (Wildman–Crippen MR) is 190 cm³/mol. The van der Waals surface area contributed by atoms with Gasteiger partial charge < -0.3 is 33.5 Å². The minimum atomic E-state index is -1.53. The molecule has 5 aromatic rings. The summed E-state index contributed by atoms with van der Waals surface area (Å²) in [7, 11) is 0. The van der Waals surface area contributed by atoms with E-state index in [1.54, 1.807) is 6.07 Å². The Labute approximate surface area is 298 Å². The molecule has 2 aliphatic heterocycles. The fraction of sp³-hybridized carbons (Fsp3) is 0.302. The topological polar surface area (TPSA) is 75.6 Å². The maximum Gasteiger partial charge on any atom is 0.226 e. The fourth-order valence-electron chi connectivity index (χ4n) is 6.83. The van der Waals surface area contributed by atoms with Crippen molar-refractivity contribution < 1.29 is 37.9 Å². The maximum absolute atomic E-state index is 15.3. The highest BCUT2D eigenvalue weighted by molar-refractivity contribution is 5.41. The molecule has 2 heterocycles. The average Bonchev–Trinajstić information content (AvgIpc) is 3.51. The van der Waals surface area contributed by atoms with E-state index < -0.39 is 42.1 Å². The van der Waals surface area contributed by atoms with Gasteiger partial charge in [0.25, 0.3) is 0 Å². The van der Waals surface area contributed by atoms with Gasteiger partial charge in [0.2, 0.25) is 5.79 Å². The number of halogens is 1. The molecular weight excluding hydrogens is 647 g/mol. The minimum Gasteiger partial charge on any atom is -0.389 e. The number of benzene rings is 5. The Kier molecular flexibility index (Phi) is 11.3. The van der Waals surface area contributed by atoms with E-state index in [2.05, 4.69) is 0 Å². The molecule has 0 aromatic heterocycles. The maximum atomic E-state index is 15.3. The van der Waals surface area contributed by atoms with Crippen molar-refractivity contribution >= 4 is 0 Å². The van der Waals surface area contributed by atoms with Crippen LogP contribution in [-0.2, 0) is 67.2 Å². The first-order valence-electron chi connectivity index (χ1n) is 17.4. The zero-order valence-electron chi connectivity index (χ0n) is 28.6. The molecule has 0 saturated carbocycles. The zero-order valence-corrected chi connectivity index (χ0v) is 28.6. The fourth-order valence-corrected chi connectivity index (χ4v) is 6.83. The van der Waals surface area contributed by atoms with E-state index >= 15 is 4.39 Å². The Morgan fingerprint density at radius 1 is 0.686 bits per heavy atom. The van der Waals surface area contributed by atoms with Crippen LogP contribution in [0, 0.1) is 5.82 Å². The van der Waals surface area contributed by atoms with Gasteiger partial charge in [-0.15, -0.1) is 0 Å². The summed E-state index contributed by atoms with van der Waals surface area (Å²) < 4.78 is 55.8. The van der Waals surface area contributed by atoms with Crippen LogP contribution in [0.25, 0.3) is 0 Å². The van der Waals surface area contributed by atoms with E-state index in [4.69, 9.17) is 28.4 Å². The smallest absolute Gasteiger partial charge is 0.226 e. The highest BCUT2D eigenvalue weighted by Crippen LogP contribution is 2.50. The Bertz CT molecular complexity index is 1820. The summed E-state index contributed by atoms with van der Waals surface area (Å²) >= 11 is 0. The third-order valence-corrected chi connectivity index (χ3v) is 9.42. The Hall–Kier alpha value is -4.25. The third-order valence-electron chi connectivity index (χ3n) is 9.42. The molecule has 51 heavy (non-hydrogen) atoms. The van der Waals surface area contributed by atoms with Crippen molar-refractivity contribution in [3.63, 3.8) is 0 Å². The monoisotopic (exact) mass is 690 g/mol. The second-order valence-corrected chi connectivity index (χ2v) is 13.1. The third kappa shape index (κ3) is 8.14. The molecule has 6 atom stereocenters. The van der Waals surface area contributed by atoms with E-state index in [1.165, 1.54) is 13.0 Å². The molecule has 0 aliphatic carbocycles. The van der Waals surface area contributed by atoms with Crippen molar-refractivity contribution in [2.45, 2.75) is 76.3 Å². The summed E-state index contributed by atoms with van der Waals surface area (Å²) in [5.74, 6) is -2.04. The van der Waals surface area contributed by atoms with E-state index in [0.29, 0.717) is 24.3 Å². The van der Waals surface area contributed by atoms with Gasteiger partial charge in [-0.25, -0.2) is 4.39 Å². The first kappa shape index (κ1) is 35.2. The van der Waals surface area contributed by atoms with Gasteiger partial charge in [-0.3, -0.25) is 0 Å². The summed E-state index contributed by atoms with van der Waals surface area (Å²) in [6.07, 6.45) is -4.03. The molecule has 264 valence electrons. The number of hydrogen-bond donors (Lipinski definition) is 1. The number of fused-ring (bicyclic) bond motifs is 2. The minimum absolute atomic E-state index is 0.0794. The Balaban J connectivity index is 1.31. The van der Waals surface area contributed by atoms with Crippen molar-refractivity contribution in [2.24, 2.45) is 0 Å². The number of rotatable bonds is 14. The van der Waals surface area contributed by atoms with Gasteiger partial charge in [0, 0.05) is 11.1 Å². The lowest BCUT2D eigenvalue weighted by atomic mass is 9.85. The Morgan fingerprint density at radius 3 is 1.71 bits per heavy atom. The lowest BCUT2D eigenvalue weighted by Gasteiger charge is -2.51. The number of aliphatic hydroxyl groups excluding tert-OH is 1. The highest BCUT2D eigenvalue weighted by Gasteiger charge is 2.61. The standard InChI is InChI=1S/C43H43FO7/c1-30(45)36-23-37-35(22-38(36)44)28-50-43(37)42(49-27-34-20-12-5-13-21-34)41(48-26-33-18-10-4-11-19-33)40(47-25-32-16-8-3-9-17-32)39(51-43)29-46-24-31-14-6-2-7-15-31/h2-23,30,39-42,45H,24-29H2,1H3/t30?,39-,40-,41+,42-,43+/m1/s1. The molecular formula is C43H43FO7. The first-order valence-corrected chi connectivity index (χ1v) is 17.4. The molecule has 0 radical (unpaired) electrons. The van der Waals surface area contributed by atoms with Crippen LogP contribution in [0.5, 0.6) is 0 Å². The number of aliphatic hydroxyl groups is 1. The molecule has 8 heteroatoms. The largest absolute Gasteiger partial charge is 0.389 e. The molecule has 7 nitrogen and oxygen atoms in total. The molecule has 1 fully saturated rings. The van der Waals surface area contributed by atoms with Crippen LogP contribution >= 0.6 is 0 Å². The van der Waals surface area contributed by atoms with Crippen LogP contribution in [0.15, 0.2) is 133 Å². The van der Waals surface area contributed by atoms with Crippen LogP contribution in [0.3, 0.4) is 0 Å². The lowest BCUT2D eigenvalue weighted by Crippen LogP contribution is -2.65. The molecule has 2 aliphatic rings. The van der Waals surface area contributed by atoms with Gasteiger partial charge in [0.15, 0.2) is 0 Å². The zero-order chi connectivity index (χ0) is 35.0. The van der Waals surface area contributed by atoms with Crippen molar-refractivity contribution in [3.8, 4) is 0 Å². The SMILES string of the molecule is CC(O)c1cc2c(cc1F)CO[C@]21O[C@H](COCc2ccccc2)[C@@H](OCc2ccccc2)[C@H](OCc2ccccc2)[C@H]1OCc1ccccc1. The average molecular weight is 691 g/mol. The van der Waals surface area contributed by atoms with Crippen molar-refractivity contribution in [1.29, 1.82) is 0 Å². The van der Waals surface area contributed by atoms with Crippen LogP contribution in [0.4, 0.5) is 4.39 Å². The lowest BCUT2D eigenvalue weighted by molar-refractivity contribution is -0.387. The van der Waals surface area contributed by atoms with E-state index in [9.17, 15) is 5.11 Å². The normalized spacial score (nSPS) is 23.3.